The average molecular weight is 324 g/mol. The van der Waals surface area contributed by atoms with Crippen LogP contribution in [0.4, 0.5) is 4.79 Å². The molecule has 3 fully saturated rings. The van der Waals surface area contributed by atoms with Gasteiger partial charge in [0.15, 0.2) is 0 Å². The lowest BCUT2D eigenvalue weighted by Crippen LogP contribution is -2.58. The summed E-state index contributed by atoms with van der Waals surface area (Å²) in [5.41, 5.74) is -1.08. The molecular weight excluding hydrogens is 292 g/mol. The predicted octanol–water partition coefficient (Wildman–Crippen LogP) is 2.67. The number of hydrogen-bond donors (Lipinski definition) is 2. The second-order valence-electron chi connectivity index (χ2n) is 8.91. The number of likely N-dealkylation sites (tertiary alicyclic amines) is 1. The maximum absolute atomic E-state index is 12.7. The molecule has 132 valence electrons. The number of nitrogens with one attached hydrogen (secondary N) is 1. The van der Waals surface area contributed by atoms with Crippen molar-refractivity contribution in [3.63, 3.8) is 0 Å². The SMILES string of the molecule is CC1(C)CC(NC(=O)N2CCC3(O)CCCCC3C2)C(C)(C)O1. The summed E-state index contributed by atoms with van der Waals surface area (Å²) < 4.78 is 6.07. The molecule has 3 rings (SSSR count). The number of fused-ring (bicyclic) bond motifs is 1. The van der Waals surface area contributed by atoms with Crippen molar-refractivity contribution in [3.8, 4) is 0 Å². The van der Waals surface area contributed by atoms with Gasteiger partial charge < -0.3 is 20.1 Å². The quantitative estimate of drug-likeness (QED) is 0.779. The minimum absolute atomic E-state index is 0.00278. The van der Waals surface area contributed by atoms with E-state index in [0.717, 1.165) is 25.7 Å². The Hall–Kier alpha value is -0.810. The molecule has 5 nitrogen and oxygen atoms in total. The van der Waals surface area contributed by atoms with Crippen LogP contribution in [-0.4, -0.2) is 52.0 Å². The fourth-order valence-corrected chi connectivity index (χ4v) is 4.78. The number of ether oxygens (including phenoxy) is 1. The molecule has 3 atom stereocenters. The van der Waals surface area contributed by atoms with Crippen molar-refractivity contribution in [2.75, 3.05) is 13.1 Å². The molecule has 1 aliphatic carbocycles. The number of rotatable bonds is 1. The van der Waals surface area contributed by atoms with Crippen molar-refractivity contribution in [1.29, 1.82) is 0 Å². The van der Waals surface area contributed by atoms with Crippen molar-refractivity contribution in [2.45, 2.75) is 89.1 Å². The molecule has 2 heterocycles. The molecule has 0 aromatic rings. The summed E-state index contributed by atoms with van der Waals surface area (Å²) in [6, 6.07) is 0.0224. The minimum atomic E-state index is -0.535. The van der Waals surface area contributed by atoms with Gasteiger partial charge in [-0.3, -0.25) is 0 Å². The van der Waals surface area contributed by atoms with Crippen molar-refractivity contribution in [2.24, 2.45) is 5.92 Å². The molecule has 0 aromatic heterocycles. The molecule has 0 aromatic carbocycles. The van der Waals surface area contributed by atoms with Crippen LogP contribution in [0.3, 0.4) is 0 Å². The first-order chi connectivity index (χ1) is 10.6. The maximum atomic E-state index is 12.7. The zero-order valence-electron chi connectivity index (χ0n) is 15.0. The van der Waals surface area contributed by atoms with Crippen molar-refractivity contribution >= 4 is 6.03 Å². The summed E-state index contributed by atoms with van der Waals surface area (Å²) in [6.45, 7) is 9.56. The van der Waals surface area contributed by atoms with Crippen LogP contribution in [0.2, 0.25) is 0 Å². The number of hydrogen-bond acceptors (Lipinski definition) is 3. The second-order valence-corrected chi connectivity index (χ2v) is 8.91. The van der Waals surface area contributed by atoms with E-state index in [0.29, 0.717) is 19.5 Å². The van der Waals surface area contributed by atoms with Crippen LogP contribution >= 0.6 is 0 Å². The van der Waals surface area contributed by atoms with Crippen LogP contribution in [-0.2, 0) is 4.74 Å². The number of nitrogens with zero attached hydrogens (tertiary/aromatic N) is 1. The van der Waals surface area contributed by atoms with E-state index < -0.39 is 5.60 Å². The Kier molecular flexibility index (Phi) is 4.16. The molecule has 3 aliphatic rings. The first-order valence-electron chi connectivity index (χ1n) is 9.09. The molecule has 2 aliphatic heterocycles. The molecular formula is C18H32N2O3. The van der Waals surface area contributed by atoms with E-state index in [9.17, 15) is 9.90 Å². The van der Waals surface area contributed by atoms with Gasteiger partial charge in [0, 0.05) is 19.0 Å². The highest BCUT2D eigenvalue weighted by Gasteiger charge is 2.48. The van der Waals surface area contributed by atoms with Crippen molar-refractivity contribution < 1.29 is 14.6 Å². The topological polar surface area (TPSA) is 61.8 Å². The third-order valence-electron chi connectivity index (χ3n) is 6.09. The van der Waals surface area contributed by atoms with Gasteiger partial charge in [0.2, 0.25) is 0 Å². The summed E-state index contributed by atoms with van der Waals surface area (Å²) in [7, 11) is 0. The van der Waals surface area contributed by atoms with E-state index in [1.165, 1.54) is 6.42 Å². The zero-order valence-corrected chi connectivity index (χ0v) is 15.0. The third kappa shape index (κ3) is 3.36. The number of urea groups is 1. The van der Waals surface area contributed by atoms with Crippen LogP contribution in [0, 0.1) is 5.92 Å². The lowest BCUT2D eigenvalue weighted by atomic mass is 9.71. The Bertz CT molecular complexity index is 477. The van der Waals surface area contributed by atoms with E-state index in [4.69, 9.17) is 4.74 Å². The van der Waals surface area contributed by atoms with Crippen LogP contribution in [0.5, 0.6) is 0 Å². The molecule has 2 amide bonds. The summed E-state index contributed by atoms with van der Waals surface area (Å²) >= 11 is 0. The van der Waals surface area contributed by atoms with Gasteiger partial charge >= 0.3 is 6.03 Å². The normalized spacial score (nSPS) is 38.9. The van der Waals surface area contributed by atoms with Gasteiger partial charge in [0.25, 0.3) is 0 Å². The first-order valence-corrected chi connectivity index (χ1v) is 9.09. The molecule has 0 bridgehead atoms. The predicted molar refractivity (Wildman–Crippen MR) is 89.3 cm³/mol. The smallest absolute Gasteiger partial charge is 0.317 e. The number of amides is 2. The molecule has 0 radical (unpaired) electrons. The molecule has 0 spiro atoms. The van der Waals surface area contributed by atoms with Gasteiger partial charge in [-0.2, -0.15) is 0 Å². The number of carbonyl (C=O) groups excluding carboxylic acids is 1. The van der Waals surface area contributed by atoms with Crippen LogP contribution in [0.15, 0.2) is 0 Å². The van der Waals surface area contributed by atoms with Gasteiger partial charge in [-0.05, 0) is 53.4 Å². The van der Waals surface area contributed by atoms with Gasteiger partial charge in [-0.15, -0.1) is 0 Å². The molecule has 2 N–H and O–H groups in total. The lowest BCUT2D eigenvalue weighted by molar-refractivity contribution is -0.0881. The highest BCUT2D eigenvalue weighted by Crippen LogP contribution is 2.40. The number of carbonyl (C=O) groups is 1. The van der Waals surface area contributed by atoms with Crippen molar-refractivity contribution in [1.82, 2.24) is 10.2 Å². The number of piperidine rings is 1. The van der Waals surface area contributed by atoms with Crippen LogP contribution in [0.1, 0.15) is 66.2 Å². The van der Waals surface area contributed by atoms with Crippen LogP contribution in [0.25, 0.3) is 0 Å². The van der Waals surface area contributed by atoms with Gasteiger partial charge in [0.05, 0.1) is 22.8 Å². The maximum Gasteiger partial charge on any atom is 0.317 e. The Morgan fingerprint density at radius 1 is 1.22 bits per heavy atom. The van der Waals surface area contributed by atoms with Gasteiger partial charge in [0.1, 0.15) is 0 Å². The Morgan fingerprint density at radius 2 is 1.96 bits per heavy atom. The summed E-state index contributed by atoms with van der Waals surface area (Å²) in [5.74, 6) is 0.236. The highest BCUT2D eigenvalue weighted by atomic mass is 16.5. The monoisotopic (exact) mass is 324 g/mol. The fraction of sp³-hybridized carbons (Fsp3) is 0.944. The highest BCUT2D eigenvalue weighted by molar-refractivity contribution is 5.75. The molecule has 23 heavy (non-hydrogen) atoms. The Morgan fingerprint density at radius 3 is 2.61 bits per heavy atom. The molecule has 3 unspecified atom stereocenters. The Labute approximate surface area is 139 Å². The standard InChI is InChI=1S/C18H32N2O3/c1-16(2)11-14(17(3,4)23-16)19-15(21)20-10-9-18(22)8-6-5-7-13(18)12-20/h13-14,22H,5-12H2,1-4H3,(H,19,21). The van der Waals surface area contributed by atoms with E-state index in [2.05, 4.69) is 19.2 Å². The summed E-state index contributed by atoms with van der Waals surface area (Å²) in [5, 5.41) is 13.9. The summed E-state index contributed by atoms with van der Waals surface area (Å²) in [6.07, 6.45) is 5.74. The average Bonchev–Trinajstić information content (AvgIpc) is 2.64. The van der Waals surface area contributed by atoms with Gasteiger partial charge in [-0.25, -0.2) is 4.79 Å². The molecule has 5 heteroatoms. The first kappa shape index (κ1) is 17.0. The van der Waals surface area contributed by atoms with Crippen LogP contribution < -0.4 is 5.32 Å². The minimum Gasteiger partial charge on any atom is -0.389 e. The van der Waals surface area contributed by atoms with Crippen molar-refractivity contribution in [3.05, 3.63) is 0 Å². The summed E-state index contributed by atoms with van der Waals surface area (Å²) in [4.78, 5) is 14.6. The molecule has 1 saturated carbocycles. The molecule has 2 saturated heterocycles. The Balaban J connectivity index is 1.61. The fourth-order valence-electron chi connectivity index (χ4n) is 4.78. The van der Waals surface area contributed by atoms with E-state index >= 15 is 0 Å². The zero-order chi connectivity index (χ0) is 16.9. The third-order valence-corrected chi connectivity index (χ3v) is 6.09. The second kappa shape index (κ2) is 5.62. The van der Waals surface area contributed by atoms with E-state index in [1.54, 1.807) is 0 Å². The largest absolute Gasteiger partial charge is 0.389 e. The van der Waals surface area contributed by atoms with Gasteiger partial charge in [-0.1, -0.05) is 12.8 Å². The van der Waals surface area contributed by atoms with E-state index in [1.807, 2.05) is 18.7 Å². The lowest BCUT2D eigenvalue weighted by Gasteiger charge is -2.47. The van der Waals surface area contributed by atoms with E-state index in [-0.39, 0.29) is 29.2 Å². The number of aliphatic hydroxyl groups is 1.